The zero-order chi connectivity index (χ0) is 34.4. The van der Waals surface area contributed by atoms with Crippen molar-refractivity contribution in [1.29, 1.82) is 0 Å². The minimum atomic E-state index is -0.116. The smallest absolute Gasteiger partial charge is 0.136 e. The Hall–Kier alpha value is -6.12. The minimum Gasteiger partial charge on any atom is -0.456 e. The van der Waals surface area contributed by atoms with E-state index in [9.17, 15) is 0 Å². The van der Waals surface area contributed by atoms with Crippen molar-refractivity contribution in [1.82, 2.24) is 0 Å². The summed E-state index contributed by atoms with van der Waals surface area (Å²) in [4.78, 5) is 2.51. The van der Waals surface area contributed by atoms with E-state index in [0.717, 1.165) is 27.9 Å². The van der Waals surface area contributed by atoms with E-state index >= 15 is 0 Å². The van der Waals surface area contributed by atoms with Crippen LogP contribution in [0.3, 0.4) is 0 Å². The maximum Gasteiger partial charge on any atom is 0.136 e. The molecule has 1 aromatic heterocycles. The first-order valence-corrected chi connectivity index (χ1v) is 17.9. The first-order chi connectivity index (χ1) is 25.0. The van der Waals surface area contributed by atoms with Gasteiger partial charge < -0.3 is 9.32 Å². The fourth-order valence-corrected chi connectivity index (χ4v) is 9.01. The molecule has 1 aliphatic rings. The van der Waals surface area contributed by atoms with Gasteiger partial charge in [-0.15, -0.1) is 0 Å². The lowest BCUT2D eigenvalue weighted by Crippen LogP contribution is -2.17. The zero-order valence-corrected chi connectivity index (χ0v) is 29.3. The summed E-state index contributed by atoms with van der Waals surface area (Å²) in [5.74, 6) is 0. The number of nitrogens with zero attached hydrogens (tertiary/aromatic N) is 1. The van der Waals surface area contributed by atoms with Crippen LogP contribution in [0.4, 0.5) is 17.1 Å². The van der Waals surface area contributed by atoms with Crippen molar-refractivity contribution in [3.8, 4) is 11.1 Å². The van der Waals surface area contributed by atoms with Crippen LogP contribution in [0, 0.1) is 6.92 Å². The van der Waals surface area contributed by atoms with Gasteiger partial charge in [0.1, 0.15) is 11.2 Å². The maximum atomic E-state index is 6.41. The summed E-state index contributed by atoms with van der Waals surface area (Å²) in [5.41, 5.74) is 13.1. The number of anilines is 3. The monoisotopic (exact) mass is 655 g/mol. The Bertz CT molecular complexity index is 2920. The van der Waals surface area contributed by atoms with Crippen molar-refractivity contribution in [3.63, 3.8) is 0 Å². The molecule has 0 fully saturated rings. The average Bonchev–Trinajstić information content (AvgIpc) is 3.65. The normalized spacial score (nSPS) is 13.6. The van der Waals surface area contributed by atoms with E-state index in [-0.39, 0.29) is 5.41 Å². The van der Waals surface area contributed by atoms with Gasteiger partial charge in [0.2, 0.25) is 0 Å². The molecule has 0 aliphatic heterocycles. The van der Waals surface area contributed by atoms with Gasteiger partial charge in [0.15, 0.2) is 0 Å². The second-order valence-corrected chi connectivity index (χ2v) is 14.4. The number of hydrogen-bond donors (Lipinski definition) is 0. The molecule has 10 rings (SSSR count). The van der Waals surface area contributed by atoms with Crippen LogP contribution in [0.25, 0.3) is 71.5 Å². The maximum absolute atomic E-state index is 6.41. The molecular formula is C49H37NO. The Labute approximate surface area is 297 Å². The molecule has 0 spiro atoms. The fourth-order valence-electron chi connectivity index (χ4n) is 9.01. The molecule has 9 aromatic rings. The van der Waals surface area contributed by atoms with Crippen LogP contribution < -0.4 is 4.90 Å². The van der Waals surface area contributed by atoms with Gasteiger partial charge in [-0.1, -0.05) is 123 Å². The molecule has 8 aromatic carbocycles. The number of fused-ring (bicyclic) bond motifs is 11. The number of furan rings is 1. The summed E-state index contributed by atoms with van der Waals surface area (Å²) in [6.07, 6.45) is 4.45. The van der Waals surface area contributed by atoms with Crippen LogP contribution in [0.5, 0.6) is 0 Å². The first-order valence-electron chi connectivity index (χ1n) is 17.9. The second-order valence-electron chi connectivity index (χ2n) is 14.4. The molecule has 0 N–H and O–H groups in total. The van der Waals surface area contributed by atoms with Crippen molar-refractivity contribution in [2.75, 3.05) is 4.90 Å². The van der Waals surface area contributed by atoms with Crippen LogP contribution >= 0.6 is 0 Å². The third kappa shape index (κ3) is 4.17. The third-order valence-electron chi connectivity index (χ3n) is 11.3. The highest BCUT2D eigenvalue weighted by atomic mass is 16.3. The molecule has 2 nitrogen and oxygen atoms in total. The summed E-state index contributed by atoms with van der Waals surface area (Å²) in [6, 6.07) is 51.1. The van der Waals surface area contributed by atoms with E-state index in [0.29, 0.717) is 0 Å². The average molecular weight is 656 g/mol. The molecule has 244 valence electrons. The Kier molecular flexibility index (Phi) is 6.38. The van der Waals surface area contributed by atoms with E-state index in [2.05, 4.69) is 178 Å². The van der Waals surface area contributed by atoms with E-state index in [1.165, 1.54) is 76.8 Å². The van der Waals surface area contributed by atoms with E-state index in [1.54, 1.807) is 0 Å². The summed E-state index contributed by atoms with van der Waals surface area (Å²) in [7, 11) is 0. The van der Waals surface area contributed by atoms with Gasteiger partial charge in [-0.25, -0.2) is 0 Å². The van der Waals surface area contributed by atoms with Crippen LogP contribution in [0.1, 0.15) is 43.0 Å². The van der Waals surface area contributed by atoms with Crippen molar-refractivity contribution < 1.29 is 4.42 Å². The molecule has 0 radical (unpaired) electrons. The summed E-state index contributed by atoms with van der Waals surface area (Å²) >= 11 is 0. The SMILES string of the molecule is C/C=C\c1c(C)c2c(N(c3ccc4c(c3)C(C)(C)c3ccccc3-4)c3cccc4ccccc34)cccc2c2ccc3oc4ccccc4c3c12. The highest BCUT2D eigenvalue weighted by molar-refractivity contribution is 6.28. The lowest BCUT2D eigenvalue weighted by molar-refractivity contribution is 0.660. The predicted molar refractivity (Wildman–Crippen MR) is 218 cm³/mol. The van der Waals surface area contributed by atoms with Crippen molar-refractivity contribution in [2.45, 2.75) is 33.1 Å². The van der Waals surface area contributed by atoms with Gasteiger partial charge in [0, 0.05) is 38.0 Å². The van der Waals surface area contributed by atoms with Crippen LogP contribution in [0.2, 0.25) is 0 Å². The Balaban J connectivity index is 1.32. The van der Waals surface area contributed by atoms with Gasteiger partial charge in [0.25, 0.3) is 0 Å². The zero-order valence-electron chi connectivity index (χ0n) is 29.3. The van der Waals surface area contributed by atoms with Crippen LogP contribution in [-0.4, -0.2) is 0 Å². The first kappa shape index (κ1) is 29.8. The summed E-state index contributed by atoms with van der Waals surface area (Å²) in [5, 5.41) is 9.73. The number of allylic oxidation sites excluding steroid dienone is 1. The van der Waals surface area contributed by atoms with Gasteiger partial charge in [0.05, 0.1) is 11.4 Å². The highest BCUT2D eigenvalue weighted by Crippen LogP contribution is 2.52. The summed E-state index contributed by atoms with van der Waals surface area (Å²) in [6.45, 7) is 9.14. The molecule has 0 amide bonds. The number of para-hydroxylation sites is 1. The largest absolute Gasteiger partial charge is 0.456 e. The van der Waals surface area contributed by atoms with Crippen molar-refractivity contribution >= 4 is 77.4 Å². The van der Waals surface area contributed by atoms with E-state index < -0.39 is 0 Å². The molecule has 1 aliphatic carbocycles. The minimum absolute atomic E-state index is 0.116. The van der Waals surface area contributed by atoms with E-state index in [1.807, 2.05) is 6.07 Å². The highest BCUT2D eigenvalue weighted by Gasteiger charge is 2.36. The lowest BCUT2D eigenvalue weighted by Gasteiger charge is -2.31. The molecule has 2 heteroatoms. The standard InChI is InChI=1S/C49H37NO/c1-5-14-33-30(2)46-37(38-27-28-45-48(47(33)38)39-19-9-11-24-44(39)51-45)20-13-23-43(46)50(42-22-12-16-31-15-6-7-17-34(31)42)32-25-26-36-35-18-8-10-21-40(35)49(3,4)41(36)29-32/h5-29H,1-4H3/b14-5-. The van der Waals surface area contributed by atoms with Crippen molar-refractivity contribution in [3.05, 3.63) is 168 Å². The number of hydrogen-bond acceptors (Lipinski definition) is 2. The van der Waals surface area contributed by atoms with Gasteiger partial charge in [-0.05, 0) is 106 Å². The molecule has 51 heavy (non-hydrogen) atoms. The van der Waals surface area contributed by atoms with Gasteiger partial charge in [-0.2, -0.15) is 0 Å². The lowest BCUT2D eigenvalue weighted by atomic mass is 9.82. The second kappa shape index (κ2) is 10.9. The number of rotatable bonds is 4. The Morgan fingerprint density at radius 1 is 0.549 bits per heavy atom. The van der Waals surface area contributed by atoms with Crippen LogP contribution in [0.15, 0.2) is 150 Å². The third-order valence-corrected chi connectivity index (χ3v) is 11.3. The molecule has 0 saturated carbocycles. The van der Waals surface area contributed by atoms with Gasteiger partial charge >= 0.3 is 0 Å². The van der Waals surface area contributed by atoms with Crippen LogP contribution in [-0.2, 0) is 5.41 Å². The summed E-state index contributed by atoms with van der Waals surface area (Å²) < 4.78 is 6.41. The van der Waals surface area contributed by atoms with Gasteiger partial charge in [-0.3, -0.25) is 0 Å². The molecule has 0 unspecified atom stereocenters. The molecule has 0 atom stereocenters. The quantitative estimate of drug-likeness (QED) is 0.175. The Morgan fingerprint density at radius 2 is 1.24 bits per heavy atom. The number of aryl methyl sites for hydroxylation is 1. The predicted octanol–water partition coefficient (Wildman–Crippen LogP) is 14.2. The molecule has 0 bridgehead atoms. The number of benzene rings is 8. The Morgan fingerprint density at radius 3 is 2.12 bits per heavy atom. The molecule has 0 saturated heterocycles. The fraction of sp³-hybridized carbons (Fsp3) is 0.102. The molecule has 1 heterocycles. The van der Waals surface area contributed by atoms with E-state index in [4.69, 9.17) is 4.42 Å². The van der Waals surface area contributed by atoms with Crippen molar-refractivity contribution in [2.24, 2.45) is 0 Å². The molecular weight excluding hydrogens is 619 g/mol. The topological polar surface area (TPSA) is 16.4 Å².